The van der Waals surface area contributed by atoms with Crippen LogP contribution in [-0.4, -0.2) is 26.9 Å². The Morgan fingerprint density at radius 1 is 1.23 bits per heavy atom. The molecule has 8 heteroatoms. The highest BCUT2D eigenvalue weighted by Crippen LogP contribution is 2.49. The van der Waals surface area contributed by atoms with Gasteiger partial charge in [0.25, 0.3) is 0 Å². The maximum Gasteiger partial charge on any atom is 0.240 e. The lowest BCUT2D eigenvalue weighted by atomic mass is 9.84. The lowest BCUT2D eigenvalue weighted by Crippen LogP contribution is -2.41. The number of hydrogen-bond acceptors (Lipinski definition) is 3. The molecule has 0 aromatic heterocycles. The quantitative estimate of drug-likeness (QED) is 0.756. The minimum atomic E-state index is -3.98. The molecule has 1 aromatic carbocycles. The van der Waals surface area contributed by atoms with Crippen molar-refractivity contribution in [2.45, 2.75) is 50.0 Å². The number of carbonyl (C=O) groups is 1. The van der Waals surface area contributed by atoms with Crippen LogP contribution >= 0.6 is 0 Å². The summed E-state index contributed by atoms with van der Waals surface area (Å²) in [5.74, 6) is -0.553. The van der Waals surface area contributed by atoms with Crippen LogP contribution < -0.4 is 10.0 Å². The molecule has 0 saturated heterocycles. The van der Waals surface area contributed by atoms with E-state index in [4.69, 9.17) is 0 Å². The third-order valence-electron chi connectivity index (χ3n) is 5.67. The van der Waals surface area contributed by atoms with Crippen molar-refractivity contribution in [3.63, 3.8) is 0 Å². The van der Waals surface area contributed by atoms with Crippen molar-refractivity contribution in [2.24, 2.45) is 17.8 Å². The molecule has 5 nitrogen and oxygen atoms in total. The van der Waals surface area contributed by atoms with Crippen molar-refractivity contribution in [3.8, 4) is 0 Å². The molecule has 26 heavy (non-hydrogen) atoms. The normalized spacial score (nSPS) is 26.0. The van der Waals surface area contributed by atoms with Gasteiger partial charge in [0.05, 0.1) is 4.90 Å². The van der Waals surface area contributed by atoms with Gasteiger partial charge in [0.15, 0.2) is 11.6 Å². The predicted octanol–water partition coefficient (Wildman–Crippen LogP) is 2.57. The second kappa shape index (κ2) is 7.60. The van der Waals surface area contributed by atoms with Crippen molar-refractivity contribution < 1.29 is 22.0 Å². The van der Waals surface area contributed by atoms with Gasteiger partial charge in [0, 0.05) is 19.0 Å². The number of rotatable bonds is 7. The van der Waals surface area contributed by atoms with Gasteiger partial charge in [-0.25, -0.2) is 21.9 Å². The summed E-state index contributed by atoms with van der Waals surface area (Å²) in [5, 5.41) is 2.97. The Kier molecular flexibility index (Phi) is 5.62. The van der Waals surface area contributed by atoms with Gasteiger partial charge in [-0.15, -0.1) is 0 Å². The van der Waals surface area contributed by atoms with E-state index in [1.165, 1.54) is 19.3 Å². The van der Waals surface area contributed by atoms with E-state index in [0.717, 1.165) is 24.5 Å². The largest absolute Gasteiger partial charge is 0.353 e. The van der Waals surface area contributed by atoms with Crippen molar-refractivity contribution >= 4 is 15.9 Å². The summed E-state index contributed by atoms with van der Waals surface area (Å²) in [4.78, 5) is 11.7. The molecule has 144 valence electrons. The SMILES string of the molecule is CC(NC(=O)CCNS(=O)(=O)c1ccc(F)c(F)c1)C1CC2CCC1C2. The Hall–Kier alpha value is -1.54. The van der Waals surface area contributed by atoms with Crippen molar-refractivity contribution in [1.82, 2.24) is 10.0 Å². The van der Waals surface area contributed by atoms with Gasteiger partial charge in [-0.2, -0.15) is 0 Å². The van der Waals surface area contributed by atoms with Gasteiger partial charge in [-0.1, -0.05) is 6.42 Å². The second-order valence-electron chi connectivity index (χ2n) is 7.42. The summed E-state index contributed by atoms with van der Waals surface area (Å²) in [6.45, 7) is 1.91. The van der Waals surface area contributed by atoms with E-state index in [0.29, 0.717) is 17.9 Å². The van der Waals surface area contributed by atoms with E-state index in [1.54, 1.807) is 0 Å². The standard InChI is InChI=1S/C18H24F2N2O3S/c1-11(15-9-12-2-3-13(15)8-12)22-18(23)6-7-21-26(24,25)14-4-5-16(19)17(20)10-14/h4-5,10-13,15,21H,2-3,6-9H2,1H3,(H,22,23). The number of halogens is 2. The highest BCUT2D eigenvalue weighted by atomic mass is 32.2. The van der Waals surface area contributed by atoms with E-state index in [-0.39, 0.29) is 29.8 Å². The molecular formula is C18H24F2N2O3S. The fourth-order valence-electron chi connectivity index (χ4n) is 4.37. The summed E-state index contributed by atoms with van der Waals surface area (Å²) < 4.78 is 52.5. The number of benzene rings is 1. The van der Waals surface area contributed by atoms with Crippen LogP contribution in [0.3, 0.4) is 0 Å². The van der Waals surface area contributed by atoms with Gasteiger partial charge in [-0.3, -0.25) is 4.79 Å². The van der Waals surface area contributed by atoms with E-state index in [1.807, 2.05) is 6.92 Å². The lowest BCUT2D eigenvalue weighted by molar-refractivity contribution is -0.122. The van der Waals surface area contributed by atoms with Crippen LogP contribution in [0.5, 0.6) is 0 Å². The fourth-order valence-corrected chi connectivity index (χ4v) is 5.41. The highest BCUT2D eigenvalue weighted by molar-refractivity contribution is 7.89. The van der Waals surface area contributed by atoms with Crippen LogP contribution in [0.1, 0.15) is 39.0 Å². The molecule has 1 aromatic rings. The molecule has 2 N–H and O–H groups in total. The maximum absolute atomic E-state index is 13.2. The average Bonchev–Trinajstić information content (AvgIpc) is 3.20. The molecule has 2 saturated carbocycles. The van der Waals surface area contributed by atoms with E-state index >= 15 is 0 Å². The zero-order valence-corrected chi connectivity index (χ0v) is 15.5. The first-order valence-electron chi connectivity index (χ1n) is 9.00. The molecule has 0 spiro atoms. The minimum Gasteiger partial charge on any atom is -0.353 e. The Bertz CT molecular complexity index is 785. The van der Waals surface area contributed by atoms with Crippen molar-refractivity contribution in [3.05, 3.63) is 29.8 Å². The molecule has 1 amide bonds. The molecule has 4 atom stereocenters. The number of carbonyl (C=O) groups excluding carboxylic acids is 1. The number of fused-ring (bicyclic) bond motifs is 2. The smallest absolute Gasteiger partial charge is 0.240 e. The van der Waals surface area contributed by atoms with Crippen LogP contribution in [0, 0.1) is 29.4 Å². The minimum absolute atomic E-state index is 0.00589. The molecule has 2 bridgehead atoms. The Balaban J connectivity index is 1.46. The van der Waals surface area contributed by atoms with Gasteiger partial charge in [-0.05, 0) is 62.1 Å². The summed E-state index contributed by atoms with van der Waals surface area (Å²) in [6.07, 6.45) is 4.96. The van der Waals surface area contributed by atoms with Gasteiger partial charge < -0.3 is 5.32 Å². The van der Waals surface area contributed by atoms with Crippen molar-refractivity contribution in [2.75, 3.05) is 6.54 Å². The summed E-state index contributed by atoms with van der Waals surface area (Å²) in [7, 11) is -3.98. The fraction of sp³-hybridized carbons (Fsp3) is 0.611. The second-order valence-corrected chi connectivity index (χ2v) is 9.19. The molecule has 2 aliphatic rings. The first-order chi connectivity index (χ1) is 12.3. The average molecular weight is 386 g/mol. The summed E-state index contributed by atoms with van der Waals surface area (Å²) in [5.41, 5.74) is 0. The molecule has 0 radical (unpaired) electrons. The first-order valence-corrected chi connectivity index (χ1v) is 10.5. The van der Waals surface area contributed by atoms with Gasteiger partial charge in [0.1, 0.15) is 0 Å². The van der Waals surface area contributed by atoms with Crippen LogP contribution in [0.2, 0.25) is 0 Å². The molecule has 2 fully saturated rings. The van der Waals surface area contributed by atoms with Gasteiger partial charge in [0.2, 0.25) is 15.9 Å². The molecule has 4 unspecified atom stereocenters. The number of amides is 1. The maximum atomic E-state index is 13.2. The van der Waals surface area contributed by atoms with Crippen LogP contribution in [0.4, 0.5) is 8.78 Å². The van der Waals surface area contributed by atoms with E-state index in [2.05, 4.69) is 10.0 Å². The predicted molar refractivity (Wildman–Crippen MR) is 92.7 cm³/mol. The third kappa shape index (κ3) is 4.23. The topological polar surface area (TPSA) is 75.3 Å². The first kappa shape index (κ1) is 19.2. The van der Waals surface area contributed by atoms with Gasteiger partial charge >= 0.3 is 0 Å². The molecule has 0 aliphatic heterocycles. The van der Waals surface area contributed by atoms with Crippen LogP contribution in [-0.2, 0) is 14.8 Å². The Morgan fingerprint density at radius 3 is 2.62 bits per heavy atom. The molecular weight excluding hydrogens is 362 g/mol. The zero-order chi connectivity index (χ0) is 18.9. The van der Waals surface area contributed by atoms with Crippen LogP contribution in [0.15, 0.2) is 23.1 Å². The van der Waals surface area contributed by atoms with Crippen molar-refractivity contribution in [1.29, 1.82) is 0 Å². The number of hydrogen-bond donors (Lipinski definition) is 2. The van der Waals surface area contributed by atoms with E-state index < -0.39 is 21.7 Å². The third-order valence-corrected chi connectivity index (χ3v) is 7.13. The molecule has 0 heterocycles. The number of nitrogens with one attached hydrogen (secondary N) is 2. The Morgan fingerprint density at radius 2 is 2.00 bits per heavy atom. The number of sulfonamides is 1. The zero-order valence-electron chi connectivity index (χ0n) is 14.7. The van der Waals surface area contributed by atoms with Crippen LogP contribution in [0.25, 0.3) is 0 Å². The summed E-state index contributed by atoms with van der Waals surface area (Å²) >= 11 is 0. The molecule has 3 rings (SSSR count). The molecule has 2 aliphatic carbocycles. The summed E-state index contributed by atoms with van der Waals surface area (Å²) in [6, 6.07) is 2.45. The van der Waals surface area contributed by atoms with E-state index in [9.17, 15) is 22.0 Å². The monoisotopic (exact) mass is 386 g/mol. The highest BCUT2D eigenvalue weighted by Gasteiger charge is 2.42. The Labute approximate surface area is 152 Å². The lowest BCUT2D eigenvalue weighted by Gasteiger charge is -2.28.